The van der Waals surface area contributed by atoms with Gasteiger partial charge in [0, 0.05) is 61.2 Å². The van der Waals surface area contributed by atoms with Gasteiger partial charge in [-0.1, -0.05) is 13.8 Å². The van der Waals surface area contributed by atoms with Crippen molar-refractivity contribution in [3.05, 3.63) is 22.5 Å². The predicted octanol–water partition coefficient (Wildman–Crippen LogP) is 6.10. The number of alkyl halides is 2. The van der Waals surface area contributed by atoms with Crippen LogP contribution < -0.4 is 5.32 Å². The SMILES string of the molecule is CC1(C)CC(=O)C2=C(C1)NC(C1CCN(C(=O)OC(C)(C)C)CC1)=C(C#N)C2C1CCC(F)(F)CC1. The van der Waals surface area contributed by atoms with Gasteiger partial charge in [-0.05, 0) is 64.2 Å². The van der Waals surface area contributed by atoms with Gasteiger partial charge in [0.15, 0.2) is 5.78 Å². The molecule has 2 aliphatic heterocycles. The Kier molecular flexibility index (Phi) is 7.00. The minimum atomic E-state index is -2.67. The first-order chi connectivity index (χ1) is 16.7. The smallest absolute Gasteiger partial charge is 0.410 e. The zero-order chi connectivity index (χ0) is 26.5. The van der Waals surface area contributed by atoms with Crippen molar-refractivity contribution < 1.29 is 23.1 Å². The number of allylic oxidation sites excluding steroid dienone is 4. The molecule has 0 aromatic heterocycles. The second-order valence-corrected chi connectivity index (χ2v) is 12.8. The summed E-state index contributed by atoms with van der Waals surface area (Å²) in [6.45, 7) is 10.7. The van der Waals surface area contributed by atoms with E-state index in [1.54, 1.807) is 4.90 Å². The molecule has 1 saturated carbocycles. The lowest BCUT2D eigenvalue weighted by Gasteiger charge is -2.44. The maximum atomic E-state index is 14.0. The molecule has 198 valence electrons. The molecule has 8 heteroatoms. The molecule has 1 unspecified atom stereocenters. The van der Waals surface area contributed by atoms with Crippen molar-refractivity contribution in [2.75, 3.05) is 13.1 Å². The maximum Gasteiger partial charge on any atom is 0.410 e. The lowest BCUT2D eigenvalue weighted by molar-refractivity contribution is -0.119. The van der Waals surface area contributed by atoms with Crippen molar-refractivity contribution in [1.82, 2.24) is 10.2 Å². The Morgan fingerprint density at radius 3 is 2.28 bits per heavy atom. The lowest BCUT2D eigenvalue weighted by Crippen LogP contribution is -2.46. The van der Waals surface area contributed by atoms with Crippen LogP contribution in [0.25, 0.3) is 0 Å². The van der Waals surface area contributed by atoms with E-state index in [0.717, 1.165) is 11.4 Å². The summed E-state index contributed by atoms with van der Waals surface area (Å²) < 4.78 is 33.5. The maximum absolute atomic E-state index is 14.0. The van der Waals surface area contributed by atoms with Crippen LogP contribution in [0.3, 0.4) is 0 Å². The average molecular weight is 504 g/mol. The van der Waals surface area contributed by atoms with E-state index in [2.05, 4.69) is 25.2 Å². The molecule has 1 saturated heterocycles. The van der Waals surface area contributed by atoms with E-state index in [1.165, 1.54) is 0 Å². The zero-order valence-corrected chi connectivity index (χ0v) is 22.2. The van der Waals surface area contributed by atoms with Crippen molar-refractivity contribution in [1.29, 1.82) is 5.26 Å². The van der Waals surface area contributed by atoms with Crippen LogP contribution in [0, 0.1) is 34.5 Å². The minimum Gasteiger partial charge on any atom is -0.444 e. The number of likely N-dealkylation sites (tertiary alicyclic amines) is 1. The highest BCUT2D eigenvalue weighted by atomic mass is 19.3. The molecule has 1 N–H and O–H groups in total. The third kappa shape index (κ3) is 5.60. The molecule has 0 bridgehead atoms. The molecule has 2 aliphatic carbocycles. The summed E-state index contributed by atoms with van der Waals surface area (Å²) >= 11 is 0. The summed E-state index contributed by atoms with van der Waals surface area (Å²) in [6.07, 6.45) is 2.30. The Balaban J connectivity index is 1.62. The van der Waals surface area contributed by atoms with Gasteiger partial charge in [0.05, 0.1) is 11.6 Å². The molecular weight excluding hydrogens is 464 g/mol. The van der Waals surface area contributed by atoms with Crippen molar-refractivity contribution in [2.24, 2.45) is 23.2 Å². The number of carbonyl (C=O) groups excluding carboxylic acids is 2. The fourth-order valence-corrected chi connectivity index (χ4v) is 6.35. The number of amides is 1. The summed E-state index contributed by atoms with van der Waals surface area (Å²) in [5.41, 5.74) is 2.10. The molecule has 1 amide bonds. The van der Waals surface area contributed by atoms with Crippen LogP contribution in [0.15, 0.2) is 22.5 Å². The van der Waals surface area contributed by atoms with E-state index in [0.29, 0.717) is 62.8 Å². The minimum absolute atomic E-state index is 0.0278. The molecular formula is C28H39F2N3O3. The Labute approximate surface area is 213 Å². The molecule has 2 fully saturated rings. The Morgan fingerprint density at radius 1 is 1.11 bits per heavy atom. The van der Waals surface area contributed by atoms with Crippen LogP contribution in [0.2, 0.25) is 0 Å². The van der Waals surface area contributed by atoms with Crippen molar-refractivity contribution in [3.63, 3.8) is 0 Å². The van der Waals surface area contributed by atoms with Crippen LogP contribution in [0.4, 0.5) is 13.6 Å². The van der Waals surface area contributed by atoms with Crippen molar-refractivity contribution >= 4 is 11.9 Å². The standard InChI is InChI=1S/C28H39F2N3O3/c1-26(2,3)36-25(35)33-12-8-18(9-13-33)24-19(16-31)22(17-6-10-28(29,30)11-7-17)23-20(32-24)14-27(4,5)15-21(23)34/h17-18,22,32H,6-15H2,1-5H3. The highest BCUT2D eigenvalue weighted by Gasteiger charge is 2.47. The van der Waals surface area contributed by atoms with Gasteiger partial charge in [0.1, 0.15) is 5.60 Å². The lowest BCUT2D eigenvalue weighted by atomic mass is 9.64. The number of hydrogen-bond acceptors (Lipinski definition) is 5. The Morgan fingerprint density at radius 2 is 1.72 bits per heavy atom. The van der Waals surface area contributed by atoms with Crippen molar-refractivity contribution in [2.45, 2.75) is 97.5 Å². The molecule has 0 aromatic rings. The zero-order valence-electron chi connectivity index (χ0n) is 22.2. The normalized spacial score (nSPS) is 27.3. The summed E-state index contributed by atoms with van der Waals surface area (Å²) in [6, 6.07) is 2.40. The topological polar surface area (TPSA) is 82.4 Å². The molecule has 4 rings (SSSR count). The molecule has 1 atom stereocenters. The largest absolute Gasteiger partial charge is 0.444 e. The third-order valence-electron chi connectivity index (χ3n) is 8.03. The molecule has 36 heavy (non-hydrogen) atoms. The number of nitrogens with one attached hydrogen (secondary N) is 1. The quantitative estimate of drug-likeness (QED) is 0.492. The van der Waals surface area contributed by atoms with Gasteiger partial charge in [-0.15, -0.1) is 0 Å². The van der Waals surface area contributed by atoms with Crippen LogP contribution in [-0.2, 0) is 9.53 Å². The number of halogens is 2. The molecule has 6 nitrogen and oxygen atoms in total. The number of Topliss-reactive ketones (excluding diaryl/α,β-unsaturated/α-hetero) is 1. The first kappa shape index (κ1) is 26.6. The second kappa shape index (κ2) is 9.46. The highest BCUT2D eigenvalue weighted by Crippen LogP contribution is 2.50. The number of hydrogen-bond donors (Lipinski definition) is 1. The number of dihydropyridines is 1. The molecule has 2 heterocycles. The van der Waals surface area contributed by atoms with Crippen LogP contribution in [0.1, 0.15) is 86.0 Å². The number of nitrogens with zero attached hydrogens (tertiary/aromatic N) is 2. The second-order valence-electron chi connectivity index (χ2n) is 12.8. The van der Waals surface area contributed by atoms with Crippen LogP contribution in [-0.4, -0.2) is 41.4 Å². The monoisotopic (exact) mass is 503 g/mol. The molecule has 0 spiro atoms. The van der Waals surface area contributed by atoms with Crippen LogP contribution in [0.5, 0.6) is 0 Å². The van der Waals surface area contributed by atoms with Crippen molar-refractivity contribution in [3.8, 4) is 6.07 Å². The fraction of sp³-hybridized carbons (Fsp3) is 0.750. The number of carbonyl (C=O) groups is 2. The van der Waals surface area contributed by atoms with E-state index in [9.17, 15) is 23.6 Å². The first-order valence-corrected chi connectivity index (χ1v) is 13.2. The Bertz CT molecular complexity index is 1010. The predicted molar refractivity (Wildman–Crippen MR) is 132 cm³/mol. The Hall–Kier alpha value is -2.43. The van der Waals surface area contributed by atoms with Gasteiger partial charge in [-0.3, -0.25) is 4.79 Å². The summed E-state index contributed by atoms with van der Waals surface area (Å²) in [5.74, 6) is -3.19. The van der Waals surface area contributed by atoms with Gasteiger partial charge >= 0.3 is 6.09 Å². The van der Waals surface area contributed by atoms with Gasteiger partial charge in [0.25, 0.3) is 0 Å². The van der Waals surface area contributed by atoms with Gasteiger partial charge in [-0.2, -0.15) is 5.26 Å². The van der Waals surface area contributed by atoms with E-state index in [4.69, 9.17) is 4.74 Å². The molecule has 4 aliphatic rings. The first-order valence-electron chi connectivity index (χ1n) is 13.2. The number of ether oxygens (including phenoxy) is 1. The number of piperidine rings is 1. The van der Waals surface area contributed by atoms with E-state index in [-0.39, 0.29) is 42.0 Å². The van der Waals surface area contributed by atoms with Gasteiger partial charge < -0.3 is 15.0 Å². The number of ketones is 1. The van der Waals surface area contributed by atoms with Gasteiger partial charge in [-0.25, -0.2) is 13.6 Å². The highest BCUT2D eigenvalue weighted by molar-refractivity contribution is 5.99. The van der Waals surface area contributed by atoms with E-state index < -0.39 is 17.4 Å². The number of nitriles is 1. The summed E-state index contributed by atoms with van der Waals surface area (Å²) in [4.78, 5) is 27.6. The number of rotatable bonds is 2. The molecule has 0 aromatic carbocycles. The fourth-order valence-electron chi connectivity index (χ4n) is 6.35. The van der Waals surface area contributed by atoms with Gasteiger partial charge in [0.2, 0.25) is 5.92 Å². The van der Waals surface area contributed by atoms with Crippen LogP contribution >= 0.6 is 0 Å². The third-order valence-corrected chi connectivity index (χ3v) is 8.03. The van der Waals surface area contributed by atoms with E-state index >= 15 is 0 Å². The average Bonchev–Trinajstić information content (AvgIpc) is 2.76. The molecule has 0 radical (unpaired) electrons. The summed E-state index contributed by atoms with van der Waals surface area (Å²) in [7, 11) is 0. The van der Waals surface area contributed by atoms with E-state index in [1.807, 2.05) is 20.8 Å². The summed E-state index contributed by atoms with van der Waals surface area (Å²) in [5, 5.41) is 13.8.